The summed E-state index contributed by atoms with van der Waals surface area (Å²) in [7, 11) is 5.23. The molecule has 2 aliphatic heterocycles. The van der Waals surface area contributed by atoms with Crippen LogP contribution in [0.3, 0.4) is 0 Å². The predicted molar refractivity (Wildman–Crippen MR) is 85.7 cm³/mol. The summed E-state index contributed by atoms with van der Waals surface area (Å²) in [6.07, 6.45) is 3.44. The number of urea groups is 1. The van der Waals surface area contributed by atoms with Crippen molar-refractivity contribution in [3.63, 3.8) is 0 Å². The van der Waals surface area contributed by atoms with Gasteiger partial charge in [0, 0.05) is 33.9 Å². The highest BCUT2D eigenvalue weighted by atomic mass is 16.6. The first-order chi connectivity index (χ1) is 11.4. The Morgan fingerprint density at radius 2 is 2.17 bits per heavy atom. The number of morpholine rings is 1. The van der Waals surface area contributed by atoms with Crippen LogP contribution in [0, 0.1) is 0 Å². The minimum absolute atomic E-state index is 0.0394. The quantitative estimate of drug-likeness (QED) is 0.692. The van der Waals surface area contributed by atoms with Crippen LogP contribution in [-0.4, -0.2) is 90.7 Å². The molecule has 132 valence electrons. The van der Waals surface area contributed by atoms with Crippen LogP contribution in [0.2, 0.25) is 0 Å². The van der Waals surface area contributed by atoms with Crippen molar-refractivity contribution in [1.82, 2.24) is 19.6 Å². The summed E-state index contributed by atoms with van der Waals surface area (Å²) >= 11 is 0. The molecule has 0 radical (unpaired) electrons. The second kappa shape index (κ2) is 6.40. The third-order valence-electron chi connectivity index (χ3n) is 4.25. The zero-order valence-corrected chi connectivity index (χ0v) is 14.3. The number of hydrogen-bond donors (Lipinski definition) is 0. The van der Waals surface area contributed by atoms with Crippen molar-refractivity contribution in [1.29, 1.82) is 0 Å². The van der Waals surface area contributed by atoms with Crippen molar-refractivity contribution in [2.75, 3.05) is 58.5 Å². The van der Waals surface area contributed by atoms with Crippen molar-refractivity contribution in [3.8, 4) is 0 Å². The zero-order chi connectivity index (χ0) is 17.3. The first kappa shape index (κ1) is 16.7. The minimum atomic E-state index is -0.730. The molecule has 3 amide bonds. The van der Waals surface area contributed by atoms with Gasteiger partial charge < -0.3 is 24.2 Å². The molecule has 0 saturated carbocycles. The predicted octanol–water partition coefficient (Wildman–Crippen LogP) is -0.464. The molecule has 0 bridgehead atoms. The summed E-state index contributed by atoms with van der Waals surface area (Å²) in [6.45, 7) is 1.97. The molecule has 3 rings (SSSR count). The van der Waals surface area contributed by atoms with E-state index >= 15 is 0 Å². The smallest absolute Gasteiger partial charge is 0.319 e. The van der Waals surface area contributed by atoms with Gasteiger partial charge >= 0.3 is 6.03 Å². The Bertz CT molecular complexity index is 631. The Balaban J connectivity index is 1.82. The number of aryl methyl sites for hydroxylation is 1. The third kappa shape index (κ3) is 3.22. The topological polar surface area (TPSA) is 80.1 Å². The average Bonchev–Trinajstić information content (AvgIpc) is 2.87. The number of carbonyl (C=O) groups is 2. The van der Waals surface area contributed by atoms with E-state index in [-0.39, 0.29) is 18.5 Å². The van der Waals surface area contributed by atoms with E-state index in [4.69, 9.17) is 9.47 Å². The standard InChI is InChI=1S/C15H23N5O4/c1-17(2)14(22)19-4-5-23-11-15(9-19)10-20(13(21)8-24-15)12-6-16-18(3)7-12/h6-7H,4-5,8-11H2,1-3H3. The largest absolute Gasteiger partial charge is 0.376 e. The number of amides is 3. The fraction of sp³-hybridized carbons (Fsp3) is 0.667. The number of rotatable bonds is 1. The molecule has 2 aliphatic rings. The van der Waals surface area contributed by atoms with Crippen LogP contribution in [0.1, 0.15) is 0 Å². The van der Waals surface area contributed by atoms with E-state index in [1.165, 1.54) is 4.90 Å². The van der Waals surface area contributed by atoms with Crippen LogP contribution in [0.25, 0.3) is 0 Å². The van der Waals surface area contributed by atoms with E-state index in [9.17, 15) is 9.59 Å². The molecule has 3 heterocycles. The molecule has 1 atom stereocenters. The summed E-state index contributed by atoms with van der Waals surface area (Å²) in [6, 6.07) is -0.0895. The molecule has 24 heavy (non-hydrogen) atoms. The molecule has 9 heteroatoms. The lowest BCUT2D eigenvalue weighted by Crippen LogP contribution is -2.61. The van der Waals surface area contributed by atoms with E-state index in [1.54, 1.807) is 48.0 Å². The lowest BCUT2D eigenvalue weighted by Gasteiger charge is -2.42. The van der Waals surface area contributed by atoms with Gasteiger partial charge in [0.15, 0.2) is 0 Å². The second-order valence-electron chi connectivity index (χ2n) is 6.47. The molecule has 0 aromatic carbocycles. The van der Waals surface area contributed by atoms with Gasteiger partial charge in [-0.1, -0.05) is 0 Å². The Kier molecular flexibility index (Phi) is 4.46. The highest BCUT2D eigenvalue weighted by Gasteiger charge is 2.44. The Morgan fingerprint density at radius 3 is 2.83 bits per heavy atom. The molecule has 2 fully saturated rings. The fourth-order valence-electron chi connectivity index (χ4n) is 3.03. The summed E-state index contributed by atoms with van der Waals surface area (Å²) in [4.78, 5) is 29.5. The Labute approximate surface area is 140 Å². The van der Waals surface area contributed by atoms with Crippen LogP contribution in [-0.2, 0) is 21.3 Å². The number of ether oxygens (including phenoxy) is 2. The molecule has 1 aromatic rings. The Morgan fingerprint density at radius 1 is 1.38 bits per heavy atom. The second-order valence-corrected chi connectivity index (χ2v) is 6.47. The summed E-state index contributed by atoms with van der Waals surface area (Å²) < 4.78 is 13.2. The van der Waals surface area contributed by atoms with Crippen LogP contribution in [0.15, 0.2) is 12.4 Å². The van der Waals surface area contributed by atoms with Crippen molar-refractivity contribution in [2.45, 2.75) is 5.60 Å². The van der Waals surface area contributed by atoms with Crippen LogP contribution < -0.4 is 4.90 Å². The van der Waals surface area contributed by atoms with E-state index in [0.29, 0.717) is 32.8 Å². The average molecular weight is 337 g/mol. The maximum Gasteiger partial charge on any atom is 0.319 e. The van der Waals surface area contributed by atoms with Crippen molar-refractivity contribution in [3.05, 3.63) is 12.4 Å². The number of nitrogens with zero attached hydrogens (tertiary/aromatic N) is 5. The van der Waals surface area contributed by atoms with E-state index in [1.807, 2.05) is 0 Å². The molecule has 0 N–H and O–H groups in total. The Hall–Kier alpha value is -2.13. The van der Waals surface area contributed by atoms with Gasteiger partial charge in [-0.15, -0.1) is 0 Å². The van der Waals surface area contributed by atoms with Crippen LogP contribution >= 0.6 is 0 Å². The van der Waals surface area contributed by atoms with Gasteiger partial charge in [-0.25, -0.2) is 4.79 Å². The van der Waals surface area contributed by atoms with Crippen LogP contribution in [0.4, 0.5) is 10.5 Å². The molecule has 2 saturated heterocycles. The van der Waals surface area contributed by atoms with E-state index < -0.39 is 5.60 Å². The van der Waals surface area contributed by atoms with Gasteiger partial charge in [0.2, 0.25) is 0 Å². The van der Waals surface area contributed by atoms with Crippen molar-refractivity contribution >= 4 is 17.6 Å². The SMILES string of the molecule is CN(C)C(=O)N1CCOCC2(C1)CN(c1cnn(C)c1)C(=O)CO2. The normalized spacial score (nSPS) is 25.0. The summed E-state index contributed by atoms with van der Waals surface area (Å²) in [5.41, 5.74) is -0.00810. The first-order valence-corrected chi connectivity index (χ1v) is 7.87. The zero-order valence-electron chi connectivity index (χ0n) is 14.3. The highest BCUT2D eigenvalue weighted by Crippen LogP contribution is 2.27. The lowest BCUT2D eigenvalue weighted by molar-refractivity contribution is -0.145. The van der Waals surface area contributed by atoms with Gasteiger partial charge in [-0.05, 0) is 0 Å². The number of anilines is 1. The first-order valence-electron chi connectivity index (χ1n) is 7.87. The van der Waals surface area contributed by atoms with Gasteiger partial charge in [0.05, 0.1) is 38.2 Å². The van der Waals surface area contributed by atoms with Gasteiger partial charge in [-0.2, -0.15) is 5.10 Å². The molecule has 1 spiro atoms. The third-order valence-corrected chi connectivity index (χ3v) is 4.25. The van der Waals surface area contributed by atoms with Gasteiger partial charge in [0.1, 0.15) is 12.2 Å². The molecular formula is C15H23N5O4. The maximum absolute atomic E-state index is 12.3. The summed E-state index contributed by atoms with van der Waals surface area (Å²) in [5, 5.41) is 4.12. The van der Waals surface area contributed by atoms with Crippen molar-refractivity contribution in [2.24, 2.45) is 7.05 Å². The monoisotopic (exact) mass is 337 g/mol. The highest BCUT2D eigenvalue weighted by molar-refractivity contribution is 5.95. The summed E-state index contributed by atoms with van der Waals surface area (Å²) in [5.74, 6) is -0.122. The number of carbonyl (C=O) groups excluding carboxylic acids is 2. The number of hydrogen-bond acceptors (Lipinski definition) is 5. The molecular weight excluding hydrogens is 314 g/mol. The van der Waals surface area contributed by atoms with E-state index in [2.05, 4.69) is 5.10 Å². The molecule has 1 aromatic heterocycles. The lowest BCUT2D eigenvalue weighted by atomic mass is 10.0. The molecule has 1 unspecified atom stereocenters. The van der Waals surface area contributed by atoms with Crippen molar-refractivity contribution < 1.29 is 19.1 Å². The number of aromatic nitrogens is 2. The molecule has 0 aliphatic carbocycles. The van der Waals surface area contributed by atoms with Gasteiger partial charge in [0.25, 0.3) is 5.91 Å². The minimum Gasteiger partial charge on any atom is -0.376 e. The maximum atomic E-state index is 12.3. The molecule has 9 nitrogen and oxygen atoms in total. The van der Waals surface area contributed by atoms with Crippen LogP contribution in [0.5, 0.6) is 0 Å². The fourth-order valence-corrected chi connectivity index (χ4v) is 3.03. The van der Waals surface area contributed by atoms with Gasteiger partial charge in [-0.3, -0.25) is 9.48 Å². The van der Waals surface area contributed by atoms with E-state index in [0.717, 1.165) is 5.69 Å².